The van der Waals surface area contributed by atoms with Crippen LogP contribution >= 0.6 is 0 Å². The van der Waals surface area contributed by atoms with E-state index >= 15 is 0 Å². The summed E-state index contributed by atoms with van der Waals surface area (Å²) in [6.07, 6.45) is -0.765. The summed E-state index contributed by atoms with van der Waals surface area (Å²) in [6.45, 7) is 3.39. The van der Waals surface area contributed by atoms with Gasteiger partial charge in [-0.15, -0.1) is 0 Å². The fourth-order valence-corrected chi connectivity index (χ4v) is 4.27. The van der Waals surface area contributed by atoms with Crippen molar-refractivity contribution in [2.75, 3.05) is 18.1 Å². The van der Waals surface area contributed by atoms with Crippen LogP contribution in [0.2, 0.25) is 0 Å². The van der Waals surface area contributed by atoms with Crippen LogP contribution in [0.1, 0.15) is 12.5 Å². The molecule has 2 atom stereocenters. The summed E-state index contributed by atoms with van der Waals surface area (Å²) in [7, 11) is -3.08. The van der Waals surface area contributed by atoms with E-state index in [-0.39, 0.29) is 17.5 Å². The fourth-order valence-electron chi connectivity index (χ4n) is 2.44. The minimum atomic E-state index is -3.08. The molecule has 0 unspecified atom stereocenters. The van der Waals surface area contributed by atoms with Crippen molar-refractivity contribution >= 4 is 9.84 Å². The number of hydrogen-bond acceptors (Lipinski definition) is 4. The summed E-state index contributed by atoms with van der Waals surface area (Å²) in [6, 6.07) is 9.63. The van der Waals surface area contributed by atoms with Crippen molar-refractivity contribution in [3.05, 3.63) is 35.9 Å². The van der Waals surface area contributed by atoms with Crippen LogP contribution in [0.4, 0.5) is 0 Å². The number of benzene rings is 1. The van der Waals surface area contributed by atoms with Gasteiger partial charge in [0.2, 0.25) is 0 Å². The third-order valence-corrected chi connectivity index (χ3v) is 5.10. The van der Waals surface area contributed by atoms with Gasteiger partial charge in [-0.2, -0.15) is 0 Å². The molecule has 0 saturated carbocycles. The molecular weight excluding hydrogens is 250 g/mol. The van der Waals surface area contributed by atoms with E-state index in [1.165, 1.54) is 0 Å². The normalized spacial score (nSPS) is 26.6. The molecule has 0 spiro atoms. The van der Waals surface area contributed by atoms with E-state index in [0.29, 0.717) is 6.54 Å². The Morgan fingerprint density at radius 3 is 2.44 bits per heavy atom. The molecule has 1 aromatic carbocycles. The Balaban J connectivity index is 2.10. The average Bonchev–Trinajstić information content (AvgIpc) is 2.61. The number of nitrogens with zero attached hydrogens (tertiary/aromatic N) is 1. The Bertz CT molecular complexity index is 486. The predicted molar refractivity (Wildman–Crippen MR) is 71.0 cm³/mol. The van der Waals surface area contributed by atoms with Gasteiger partial charge in [0.25, 0.3) is 0 Å². The number of rotatable bonds is 4. The van der Waals surface area contributed by atoms with Gasteiger partial charge in [0.1, 0.15) is 0 Å². The van der Waals surface area contributed by atoms with Crippen molar-refractivity contribution in [1.82, 2.24) is 4.90 Å². The van der Waals surface area contributed by atoms with E-state index in [1.807, 2.05) is 42.2 Å². The van der Waals surface area contributed by atoms with Crippen LogP contribution in [0.3, 0.4) is 0 Å². The van der Waals surface area contributed by atoms with Gasteiger partial charge < -0.3 is 5.11 Å². The lowest BCUT2D eigenvalue weighted by atomic mass is 10.1. The Kier molecular flexibility index (Phi) is 4.04. The molecule has 1 aromatic rings. The maximum absolute atomic E-state index is 11.5. The Morgan fingerprint density at radius 1 is 1.28 bits per heavy atom. The van der Waals surface area contributed by atoms with Crippen molar-refractivity contribution < 1.29 is 13.5 Å². The van der Waals surface area contributed by atoms with Crippen molar-refractivity contribution in [3.63, 3.8) is 0 Å². The van der Waals surface area contributed by atoms with Crippen LogP contribution in [0.15, 0.2) is 30.3 Å². The number of likely N-dealkylation sites (N-methyl/N-ethyl adjacent to an activating group) is 1. The van der Waals surface area contributed by atoms with E-state index in [0.717, 1.165) is 12.1 Å². The van der Waals surface area contributed by atoms with Crippen LogP contribution in [-0.4, -0.2) is 48.6 Å². The maximum Gasteiger partial charge on any atom is 0.154 e. The Labute approximate surface area is 108 Å². The lowest BCUT2D eigenvalue weighted by Crippen LogP contribution is -2.42. The van der Waals surface area contributed by atoms with Gasteiger partial charge in [0.15, 0.2) is 9.84 Å². The molecule has 1 heterocycles. The van der Waals surface area contributed by atoms with E-state index in [1.54, 1.807) is 0 Å². The summed E-state index contributed by atoms with van der Waals surface area (Å²) in [5.74, 6) is -0.0439. The van der Waals surface area contributed by atoms with E-state index in [9.17, 15) is 13.5 Å². The number of aliphatic hydroxyl groups excluding tert-OH is 1. The Hall–Kier alpha value is -0.910. The fraction of sp³-hybridized carbons (Fsp3) is 0.538. The molecule has 1 aliphatic heterocycles. The smallest absolute Gasteiger partial charge is 0.154 e. The molecule has 1 aliphatic rings. The predicted octanol–water partition coefficient (Wildman–Crippen LogP) is 0.666. The van der Waals surface area contributed by atoms with Crippen molar-refractivity contribution in [1.29, 1.82) is 0 Å². The molecule has 18 heavy (non-hydrogen) atoms. The quantitative estimate of drug-likeness (QED) is 0.872. The monoisotopic (exact) mass is 269 g/mol. The molecule has 0 bridgehead atoms. The second kappa shape index (κ2) is 5.38. The van der Waals surface area contributed by atoms with Gasteiger partial charge in [0, 0.05) is 6.54 Å². The number of aliphatic hydroxyl groups is 1. The van der Waals surface area contributed by atoms with Gasteiger partial charge >= 0.3 is 0 Å². The minimum absolute atomic E-state index is 0.0643. The zero-order chi connectivity index (χ0) is 13.2. The van der Waals surface area contributed by atoms with Gasteiger partial charge in [-0.05, 0) is 12.1 Å². The van der Waals surface area contributed by atoms with Crippen LogP contribution in [-0.2, 0) is 16.4 Å². The zero-order valence-electron chi connectivity index (χ0n) is 10.5. The highest BCUT2D eigenvalue weighted by molar-refractivity contribution is 7.91. The third-order valence-electron chi connectivity index (χ3n) is 3.40. The summed E-state index contributed by atoms with van der Waals surface area (Å²) in [5.41, 5.74) is 1.14. The SMILES string of the molecule is CCN(Cc1ccccc1)[C@@H]1CS(=O)(=O)C[C@H]1O. The lowest BCUT2D eigenvalue weighted by Gasteiger charge is -2.28. The van der Waals surface area contributed by atoms with Gasteiger partial charge in [-0.1, -0.05) is 37.3 Å². The van der Waals surface area contributed by atoms with Crippen LogP contribution in [0.5, 0.6) is 0 Å². The summed E-state index contributed by atoms with van der Waals surface area (Å²) in [4.78, 5) is 2.03. The first-order valence-corrected chi connectivity index (χ1v) is 8.00. The number of sulfone groups is 1. The molecule has 0 aromatic heterocycles. The van der Waals surface area contributed by atoms with Crippen LogP contribution in [0.25, 0.3) is 0 Å². The summed E-state index contributed by atoms with van der Waals surface area (Å²) >= 11 is 0. The third kappa shape index (κ3) is 3.10. The van der Waals surface area contributed by atoms with E-state index < -0.39 is 15.9 Å². The molecule has 4 nitrogen and oxygen atoms in total. The first-order chi connectivity index (χ1) is 8.52. The molecule has 1 fully saturated rings. The Morgan fingerprint density at radius 2 is 1.94 bits per heavy atom. The molecule has 0 radical (unpaired) electrons. The maximum atomic E-state index is 11.5. The standard InChI is InChI=1S/C13H19NO3S/c1-2-14(8-11-6-4-3-5-7-11)12-9-18(16,17)10-13(12)15/h3-7,12-13,15H,2,8-10H2,1H3/t12-,13-/m1/s1. The highest BCUT2D eigenvalue weighted by atomic mass is 32.2. The van der Waals surface area contributed by atoms with Crippen molar-refractivity contribution in [2.45, 2.75) is 25.6 Å². The largest absolute Gasteiger partial charge is 0.390 e. The first kappa shape index (κ1) is 13.5. The zero-order valence-corrected chi connectivity index (χ0v) is 11.3. The van der Waals surface area contributed by atoms with E-state index in [2.05, 4.69) is 0 Å². The molecule has 100 valence electrons. The molecule has 0 aliphatic carbocycles. The van der Waals surface area contributed by atoms with Gasteiger partial charge in [-0.25, -0.2) is 8.42 Å². The first-order valence-electron chi connectivity index (χ1n) is 6.18. The summed E-state index contributed by atoms with van der Waals surface area (Å²) in [5, 5.41) is 9.88. The summed E-state index contributed by atoms with van der Waals surface area (Å²) < 4.78 is 23.1. The van der Waals surface area contributed by atoms with E-state index in [4.69, 9.17) is 0 Å². The number of hydrogen-bond donors (Lipinski definition) is 1. The topological polar surface area (TPSA) is 57.6 Å². The molecule has 5 heteroatoms. The van der Waals surface area contributed by atoms with Gasteiger partial charge in [0.05, 0.1) is 23.7 Å². The molecule has 0 amide bonds. The average molecular weight is 269 g/mol. The van der Waals surface area contributed by atoms with Gasteiger partial charge in [-0.3, -0.25) is 4.90 Å². The molecular formula is C13H19NO3S. The van der Waals surface area contributed by atoms with Crippen LogP contribution in [0, 0.1) is 0 Å². The lowest BCUT2D eigenvalue weighted by molar-refractivity contribution is 0.0819. The second-order valence-corrected chi connectivity index (χ2v) is 6.91. The molecule has 2 rings (SSSR count). The minimum Gasteiger partial charge on any atom is -0.390 e. The van der Waals surface area contributed by atoms with Crippen LogP contribution < -0.4 is 0 Å². The highest BCUT2D eigenvalue weighted by Gasteiger charge is 2.39. The molecule has 1 saturated heterocycles. The highest BCUT2D eigenvalue weighted by Crippen LogP contribution is 2.20. The molecule has 1 N–H and O–H groups in total. The van der Waals surface area contributed by atoms with Crippen molar-refractivity contribution in [2.24, 2.45) is 0 Å². The second-order valence-electron chi connectivity index (χ2n) is 4.76. The van der Waals surface area contributed by atoms with Crippen molar-refractivity contribution in [3.8, 4) is 0 Å².